The van der Waals surface area contributed by atoms with Crippen LogP contribution in [0.25, 0.3) is 6.08 Å². The van der Waals surface area contributed by atoms with E-state index in [1.165, 1.54) is 27.2 Å². The molecule has 0 bridgehead atoms. The predicted molar refractivity (Wildman–Crippen MR) is 69.8 cm³/mol. The molecule has 0 fully saturated rings. The van der Waals surface area contributed by atoms with Crippen molar-refractivity contribution in [2.75, 3.05) is 14.2 Å². The molecule has 0 radical (unpaired) electrons. The molecular formula is C14H14O6. The normalized spacial score (nSPS) is 9.35. The number of carbonyl (C=O) groups excluding carboxylic acids is 3. The molecule has 0 saturated carbocycles. The van der Waals surface area contributed by atoms with Crippen molar-refractivity contribution in [1.82, 2.24) is 0 Å². The van der Waals surface area contributed by atoms with Gasteiger partial charge in [0.1, 0.15) is 11.3 Å². The van der Waals surface area contributed by atoms with Crippen molar-refractivity contribution in [3.05, 3.63) is 35.4 Å². The molecular weight excluding hydrogens is 264 g/mol. The van der Waals surface area contributed by atoms with Crippen LogP contribution in [0.5, 0.6) is 5.75 Å². The fraction of sp³-hybridized carbons (Fsp3) is 0.214. The van der Waals surface area contributed by atoms with E-state index >= 15 is 0 Å². The summed E-state index contributed by atoms with van der Waals surface area (Å²) in [5.41, 5.74) is 0.335. The first-order valence-corrected chi connectivity index (χ1v) is 5.64. The topological polar surface area (TPSA) is 78.9 Å². The van der Waals surface area contributed by atoms with Crippen molar-refractivity contribution >= 4 is 24.0 Å². The number of hydrogen-bond acceptors (Lipinski definition) is 6. The van der Waals surface area contributed by atoms with Crippen LogP contribution >= 0.6 is 0 Å². The second-order valence-corrected chi connectivity index (χ2v) is 3.70. The molecule has 0 aliphatic rings. The molecule has 0 amide bonds. The summed E-state index contributed by atoms with van der Waals surface area (Å²) >= 11 is 0. The zero-order chi connectivity index (χ0) is 15.1. The smallest absolute Gasteiger partial charge is 0.345 e. The Hall–Kier alpha value is -2.63. The number of esters is 3. The quantitative estimate of drug-likeness (QED) is 0.272. The summed E-state index contributed by atoms with van der Waals surface area (Å²) in [5, 5.41) is 0. The lowest BCUT2D eigenvalue weighted by Gasteiger charge is -2.04. The Bertz CT molecular complexity index is 523. The van der Waals surface area contributed by atoms with Crippen molar-refractivity contribution in [3.63, 3.8) is 0 Å². The van der Waals surface area contributed by atoms with Crippen LogP contribution in [0.3, 0.4) is 0 Å². The summed E-state index contributed by atoms with van der Waals surface area (Å²) < 4.78 is 13.9. The first-order valence-electron chi connectivity index (χ1n) is 5.64. The molecule has 0 spiro atoms. The van der Waals surface area contributed by atoms with Crippen LogP contribution in [-0.2, 0) is 23.9 Å². The number of carbonyl (C=O) groups is 3. The van der Waals surface area contributed by atoms with Gasteiger partial charge in [-0.2, -0.15) is 0 Å². The lowest BCUT2D eigenvalue weighted by molar-refractivity contribution is -0.144. The Kier molecular flexibility index (Phi) is 5.46. The molecule has 0 heterocycles. The summed E-state index contributed by atoms with van der Waals surface area (Å²) in [4.78, 5) is 33.7. The fourth-order valence-corrected chi connectivity index (χ4v) is 1.39. The van der Waals surface area contributed by atoms with Gasteiger partial charge in [0.15, 0.2) is 0 Å². The summed E-state index contributed by atoms with van der Waals surface area (Å²) in [6, 6.07) is 6.26. The van der Waals surface area contributed by atoms with Gasteiger partial charge in [-0.1, -0.05) is 12.1 Å². The Labute approximate surface area is 115 Å². The van der Waals surface area contributed by atoms with Crippen LogP contribution in [0.4, 0.5) is 0 Å². The van der Waals surface area contributed by atoms with Crippen LogP contribution in [0.2, 0.25) is 0 Å². The minimum atomic E-state index is -0.791. The van der Waals surface area contributed by atoms with E-state index < -0.39 is 17.9 Å². The van der Waals surface area contributed by atoms with Crippen LogP contribution in [0.1, 0.15) is 12.5 Å². The van der Waals surface area contributed by atoms with Crippen molar-refractivity contribution in [1.29, 1.82) is 0 Å². The molecule has 106 valence electrons. The lowest BCUT2D eigenvalue weighted by atomic mass is 10.1. The SMILES string of the molecule is COC(=O)C(=Cc1ccc(OC(C)=O)cc1)C(=O)OC. The Morgan fingerprint density at radius 1 is 0.950 bits per heavy atom. The zero-order valence-electron chi connectivity index (χ0n) is 11.3. The highest BCUT2D eigenvalue weighted by molar-refractivity contribution is 6.17. The van der Waals surface area contributed by atoms with E-state index in [1.807, 2.05) is 0 Å². The third-order valence-electron chi connectivity index (χ3n) is 2.26. The molecule has 6 nitrogen and oxygen atoms in total. The van der Waals surface area contributed by atoms with Crippen molar-refractivity contribution in [2.24, 2.45) is 0 Å². The van der Waals surface area contributed by atoms with Gasteiger partial charge in [0.25, 0.3) is 0 Å². The summed E-state index contributed by atoms with van der Waals surface area (Å²) in [6.45, 7) is 1.29. The molecule has 0 N–H and O–H groups in total. The molecule has 0 aliphatic carbocycles. The maximum atomic E-state index is 11.5. The van der Waals surface area contributed by atoms with Gasteiger partial charge in [0.2, 0.25) is 0 Å². The third-order valence-corrected chi connectivity index (χ3v) is 2.26. The highest BCUT2D eigenvalue weighted by atomic mass is 16.5. The minimum Gasteiger partial charge on any atom is -0.465 e. The van der Waals surface area contributed by atoms with E-state index in [0.717, 1.165) is 0 Å². The first-order chi connectivity index (χ1) is 9.47. The van der Waals surface area contributed by atoms with E-state index in [2.05, 4.69) is 9.47 Å². The van der Waals surface area contributed by atoms with Gasteiger partial charge in [-0.05, 0) is 23.8 Å². The molecule has 1 aromatic rings. The Balaban J connectivity index is 3.02. The zero-order valence-corrected chi connectivity index (χ0v) is 11.3. The number of hydrogen-bond donors (Lipinski definition) is 0. The number of benzene rings is 1. The molecule has 0 atom stereocenters. The first kappa shape index (κ1) is 15.4. The predicted octanol–water partition coefficient (Wildman–Crippen LogP) is 1.34. The molecule has 1 rings (SSSR count). The van der Waals surface area contributed by atoms with Crippen molar-refractivity contribution in [2.45, 2.75) is 6.92 Å². The molecule has 0 aromatic heterocycles. The molecule has 1 aromatic carbocycles. The second kappa shape index (κ2) is 7.08. The lowest BCUT2D eigenvalue weighted by Crippen LogP contribution is -2.15. The summed E-state index contributed by atoms with van der Waals surface area (Å²) in [7, 11) is 2.34. The standard InChI is InChI=1S/C14H14O6/c1-9(15)20-11-6-4-10(5-7-11)8-12(13(16)18-2)14(17)19-3/h4-8H,1-3H3. The Morgan fingerprint density at radius 3 is 1.85 bits per heavy atom. The van der Waals surface area contributed by atoms with Gasteiger partial charge in [0.05, 0.1) is 14.2 Å². The van der Waals surface area contributed by atoms with Gasteiger partial charge in [-0.25, -0.2) is 9.59 Å². The van der Waals surface area contributed by atoms with Crippen LogP contribution in [0, 0.1) is 0 Å². The molecule has 0 saturated heterocycles. The van der Waals surface area contributed by atoms with Crippen molar-refractivity contribution in [3.8, 4) is 5.75 Å². The van der Waals surface area contributed by atoms with E-state index in [9.17, 15) is 14.4 Å². The average Bonchev–Trinajstić information content (AvgIpc) is 2.44. The van der Waals surface area contributed by atoms with E-state index in [0.29, 0.717) is 11.3 Å². The number of rotatable bonds is 4. The van der Waals surface area contributed by atoms with Gasteiger partial charge >= 0.3 is 17.9 Å². The number of ether oxygens (including phenoxy) is 3. The van der Waals surface area contributed by atoms with Crippen LogP contribution < -0.4 is 4.74 Å². The van der Waals surface area contributed by atoms with Crippen LogP contribution in [0.15, 0.2) is 29.8 Å². The van der Waals surface area contributed by atoms with Gasteiger partial charge in [0, 0.05) is 6.92 Å². The fourth-order valence-electron chi connectivity index (χ4n) is 1.39. The maximum absolute atomic E-state index is 11.5. The van der Waals surface area contributed by atoms with E-state index in [1.54, 1.807) is 24.3 Å². The van der Waals surface area contributed by atoms with Gasteiger partial charge in [-0.3, -0.25) is 4.79 Å². The average molecular weight is 278 g/mol. The maximum Gasteiger partial charge on any atom is 0.345 e. The number of methoxy groups -OCH3 is 2. The largest absolute Gasteiger partial charge is 0.465 e. The van der Waals surface area contributed by atoms with E-state index in [-0.39, 0.29) is 5.57 Å². The van der Waals surface area contributed by atoms with E-state index in [4.69, 9.17) is 4.74 Å². The Morgan fingerprint density at radius 2 is 1.45 bits per heavy atom. The van der Waals surface area contributed by atoms with Crippen molar-refractivity contribution < 1.29 is 28.6 Å². The second-order valence-electron chi connectivity index (χ2n) is 3.70. The minimum absolute atomic E-state index is 0.227. The van der Waals surface area contributed by atoms with Gasteiger partial charge in [-0.15, -0.1) is 0 Å². The monoisotopic (exact) mass is 278 g/mol. The summed E-state index contributed by atoms with van der Waals surface area (Å²) in [5.74, 6) is -1.65. The summed E-state index contributed by atoms with van der Waals surface area (Å²) in [6.07, 6.45) is 1.33. The van der Waals surface area contributed by atoms with Gasteiger partial charge < -0.3 is 14.2 Å². The molecule has 20 heavy (non-hydrogen) atoms. The third kappa shape index (κ3) is 4.24. The molecule has 0 aliphatic heterocycles. The highest BCUT2D eigenvalue weighted by Crippen LogP contribution is 2.15. The van der Waals surface area contributed by atoms with Crippen LogP contribution in [-0.4, -0.2) is 32.1 Å². The highest BCUT2D eigenvalue weighted by Gasteiger charge is 2.19. The molecule has 6 heteroatoms. The molecule has 0 unspecified atom stereocenters.